The summed E-state index contributed by atoms with van der Waals surface area (Å²) in [7, 11) is 0. The summed E-state index contributed by atoms with van der Waals surface area (Å²) in [4.78, 5) is 16.5. The van der Waals surface area contributed by atoms with Crippen LogP contribution in [0.25, 0.3) is 11.4 Å². The minimum absolute atomic E-state index is 0.150. The molecule has 0 saturated carbocycles. The molecule has 1 heterocycles. The standard InChI is InChI=1S/C24H20ClN3O5.C3H8/c1-14-10-17(11-20(25)21(14)32-13-16-4-8-19(30)9-5-16)22-27-24(33-28-22)23(31)26-12-15-2-6-18(29)7-3-15;1-3-2/h2-11,29-30H,12-13H2,1H3,(H,26,31);3H2,1-2H3. The number of nitrogens with zero attached hydrogens (tertiary/aromatic N) is 2. The highest BCUT2D eigenvalue weighted by Crippen LogP contribution is 2.34. The molecule has 8 nitrogen and oxygen atoms in total. The lowest BCUT2D eigenvalue weighted by Gasteiger charge is -2.12. The molecule has 188 valence electrons. The van der Waals surface area contributed by atoms with Crippen molar-refractivity contribution in [2.45, 2.75) is 40.3 Å². The van der Waals surface area contributed by atoms with Crippen molar-refractivity contribution in [2.24, 2.45) is 0 Å². The Morgan fingerprint density at radius 3 is 2.17 bits per heavy atom. The van der Waals surface area contributed by atoms with E-state index in [2.05, 4.69) is 29.3 Å². The van der Waals surface area contributed by atoms with Crippen molar-refractivity contribution in [3.05, 3.63) is 88.3 Å². The second kappa shape index (κ2) is 12.6. The average Bonchev–Trinajstić information content (AvgIpc) is 3.35. The number of benzene rings is 3. The van der Waals surface area contributed by atoms with Crippen LogP contribution in [0.1, 0.15) is 47.6 Å². The van der Waals surface area contributed by atoms with Gasteiger partial charge in [-0.3, -0.25) is 4.79 Å². The summed E-state index contributed by atoms with van der Waals surface area (Å²) in [5.41, 5.74) is 3.04. The molecule has 9 heteroatoms. The Hall–Kier alpha value is -4.04. The highest BCUT2D eigenvalue weighted by atomic mass is 35.5. The van der Waals surface area contributed by atoms with Gasteiger partial charge in [-0.1, -0.05) is 61.3 Å². The van der Waals surface area contributed by atoms with E-state index in [-0.39, 0.29) is 36.4 Å². The van der Waals surface area contributed by atoms with Gasteiger partial charge in [0.1, 0.15) is 23.9 Å². The number of hydrogen-bond acceptors (Lipinski definition) is 7. The number of carbonyl (C=O) groups is 1. The smallest absolute Gasteiger partial charge is 0.316 e. The number of phenols is 2. The zero-order valence-electron chi connectivity index (χ0n) is 20.3. The number of phenolic OH excluding ortho intramolecular Hbond substituents is 2. The quantitative estimate of drug-likeness (QED) is 0.278. The van der Waals surface area contributed by atoms with E-state index >= 15 is 0 Å². The third-order valence-electron chi connectivity index (χ3n) is 4.82. The van der Waals surface area contributed by atoms with Gasteiger partial charge in [-0.15, -0.1) is 0 Å². The molecule has 36 heavy (non-hydrogen) atoms. The van der Waals surface area contributed by atoms with Crippen LogP contribution < -0.4 is 10.1 Å². The van der Waals surface area contributed by atoms with E-state index in [9.17, 15) is 15.0 Å². The summed E-state index contributed by atoms with van der Waals surface area (Å²) in [5, 5.41) is 25.6. The topological polar surface area (TPSA) is 118 Å². The van der Waals surface area contributed by atoms with Crippen LogP contribution >= 0.6 is 11.6 Å². The van der Waals surface area contributed by atoms with Gasteiger partial charge in [0.25, 0.3) is 0 Å². The maximum Gasteiger partial charge on any atom is 0.316 e. The summed E-state index contributed by atoms with van der Waals surface area (Å²) in [6.07, 6.45) is 1.25. The first kappa shape index (κ1) is 26.6. The van der Waals surface area contributed by atoms with Crippen LogP contribution in [0.2, 0.25) is 5.02 Å². The fraction of sp³-hybridized carbons (Fsp3) is 0.222. The molecule has 0 aliphatic carbocycles. The van der Waals surface area contributed by atoms with E-state index < -0.39 is 5.91 Å². The van der Waals surface area contributed by atoms with E-state index in [0.717, 1.165) is 16.7 Å². The van der Waals surface area contributed by atoms with E-state index in [4.69, 9.17) is 20.9 Å². The van der Waals surface area contributed by atoms with Gasteiger partial charge in [0.2, 0.25) is 5.82 Å². The SMILES string of the molecule is CCC.Cc1cc(-c2noc(C(=O)NCc3ccc(O)cc3)n2)cc(Cl)c1OCc1ccc(O)cc1. The Morgan fingerprint density at radius 2 is 1.58 bits per heavy atom. The molecule has 0 atom stereocenters. The van der Waals surface area contributed by atoms with Gasteiger partial charge >= 0.3 is 11.8 Å². The van der Waals surface area contributed by atoms with E-state index in [0.29, 0.717) is 16.3 Å². The second-order valence-corrected chi connectivity index (χ2v) is 8.45. The summed E-state index contributed by atoms with van der Waals surface area (Å²) >= 11 is 6.43. The van der Waals surface area contributed by atoms with Crippen LogP contribution in [0.5, 0.6) is 17.2 Å². The van der Waals surface area contributed by atoms with Crippen LogP contribution in [-0.4, -0.2) is 26.3 Å². The summed E-state index contributed by atoms with van der Waals surface area (Å²) < 4.78 is 11.0. The van der Waals surface area contributed by atoms with Gasteiger partial charge in [0.05, 0.1) is 5.02 Å². The molecule has 3 aromatic carbocycles. The first-order valence-corrected chi connectivity index (χ1v) is 11.8. The minimum atomic E-state index is -0.515. The molecular weight excluding hydrogens is 482 g/mol. The molecule has 0 aliphatic heterocycles. The lowest BCUT2D eigenvalue weighted by atomic mass is 10.1. The van der Waals surface area contributed by atoms with Crippen LogP contribution in [0.3, 0.4) is 0 Å². The number of aromatic hydroxyl groups is 2. The normalized spacial score (nSPS) is 10.3. The number of rotatable bonds is 7. The average molecular weight is 510 g/mol. The zero-order valence-corrected chi connectivity index (χ0v) is 21.0. The Labute approximate surface area is 214 Å². The lowest BCUT2D eigenvalue weighted by molar-refractivity contribution is 0.0907. The molecule has 0 spiro atoms. The molecule has 4 aromatic rings. The number of aromatic nitrogens is 2. The van der Waals surface area contributed by atoms with Crippen molar-refractivity contribution in [2.75, 3.05) is 0 Å². The fourth-order valence-electron chi connectivity index (χ4n) is 3.10. The Bertz CT molecular complexity index is 1260. The van der Waals surface area contributed by atoms with Gasteiger partial charge in [0, 0.05) is 12.1 Å². The lowest BCUT2D eigenvalue weighted by Crippen LogP contribution is -2.23. The van der Waals surface area contributed by atoms with Gasteiger partial charge in [-0.25, -0.2) is 0 Å². The number of hydrogen-bond donors (Lipinski definition) is 3. The third kappa shape index (κ3) is 7.23. The first-order chi connectivity index (χ1) is 17.3. The largest absolute Gasteiger partial charge is 0.508 e. The maximum absolute atomic E-state index is 12.3. The predicted molar refractivity (Wildman–Crippen MR) is 137 cm³/mol. The molecule has 0 bridgehead atoms. The number of aryl methyl sites for hydroxylation is 1. The van der Waals surface area contributed by atoms with Crippen LogP contribution in [0.4, 0.5) is 0 Å². The van der Waals surface area contributed by atoms with E-state index in [1.165, 1.54) is 18.6 Å². The number of amides is 1. The maximum atomic E-state index is 12.3. The number of ether oxygens (including phenoxy) is 1. The highest BCUT2D eigenvalue weighted by Gasteiger charge is 2.18. The van der Waals surface area contributed by atoms with Gasteiger partial charge in [-0.2, -0.15) is 4.98 Å². The second-order valence-electron chi connectivity index (χ2n) is 8.04. The molecule has 0 saturated heterocycles. The molecule has 0 fully saturated rings. The Morgan fingerprint density at radius 1 is 1.00 bits per heavy atom. The molecular formula is C27H28ClN3O5. The number of halogens is 1. The van der Waals surface area contributed by atoms with Crippen molar-refractivity contribution in [1.82, 2.24) is 15.5 Å². The van der Waals surface area contributed by atoms with E-state index in [1.807, 2.05) is 6.92 Å². The van der Waals surface area contributed by atoms with Crippen molar-refractivity contribution in [3.63, 3.8) is 0 Å². The molecule has 3 N–H and O–H groups in total. The predicted octanol–water partition coefficient (Wildman–Crippen LogP) is 6.03. The van der Waals surface area contributed by atoms with Crippen molar-refractivity contribution in [1.29, 1.82) is 0 Å². The van der Waals surface area contributed by atoms with Crippen molar-refractivity contribution >= 4 is 17.5 Å². The van der Waals surface area contributed by atoms with Crippen molar-refractivity contribution in [3.8, 4) is 28.6 Å². The third-order valence-corrected chi connectivity index (χ3v) is 5.10. The van der Waals surface area contributed by atoms with Crippen LogP contribution in [0.15, 0.2) is 65.2 Å². The summed E-state index contributed by atoms with van der Waals surface area (Å²) in [6, 6.07) is 16.6. The Balaban J connectivity index is 0.00000115. The van der Waals surface area contributed by atoms with Crippen LogP contribution in [0, 0.1) is 6.92 Å². The molecule has 0 radical (unpaired) electrons. The molecule has 1 amide bonds. The highest BCUT2D eigenvalue weighted by molar-refractivity contribution is 6.32. The first-order valence-electron chi connectivity index (χ1n) is 11.4. The number of nitrogens with one attached hydrogen (secondary N) is 1. The van der Waals surface area contributed by atoms with E-state index in [1.54, 1.807) is 48.5 Å². The number of carbonyl (C=O) groups excluding carboxylic acids is 1. The van der Waals surface area contributed by atoms with Gasteiger partial charge in [-0.05, 0) is 60.0 Å². The molecule has 4 rings (SSSR count). The molecule has 0 unspecified atom stereocenters. The summed E-state index contributed by atoms with van der Waals surface area (Å²) in [5.74, 6) is 0.385. The van der Waals surface area contributed by atoms with Gasteiger partial charge in [0.15, 0.2) is 0 Å². The zero-order chi connectivity index (χ0) is 26.1. The summed E-state index contributed by atoms with van der Waals surface area (Å²) in [6.45, 7) is 6.62. The molecule has 1 aromatic heterocycles. The van der Waals surface area contributed by atoms with Crippen molar-refractivity contribution < 1.29 is 24.3 Å². The van der Waals surface area contributed by atoms with Crippen LogP contribution in [-0.2, 0) is 13.2 Å². The monoisotopic (exact) mass is 509 g/mol. The minimum Gasteiger partial charge on any atom is -0.508 e. The Kier molecular flexibility index (Phi) is 9.30. The molecule has 0 aliphatic rings. The van der Waals surface area contributed by atoms with Gasteiger partial charge < -0.3 is 24.8 Å². The fourth-order valence-corrected chi connectivity index (χ4v) is 3.42.